The normalized spacial score (nSPS) is 28.0. The predicted octanol–water partition coefficient (Wildman–Crippen LogP) is 3.13. The highest BCUT2D eigenvalue weighted by atomic mass is 16.6. The molecule has 0 N–H and O–H groups in total. The number of nitrogens with zero attached hydrogens (tertiary/aromatic N) is 2. The first-order valence-electron chi connectivity index (χ1n) is 9.07. The van der Waals surface area contributed by atoms with Crippen LogP contribution in [0, 0.1) is 5.92 Å². The summed E-state index contributed by atoms with van der Waals surface area (Å²) in [6.45, 7) is 15.1. The zero-order chi connectivity index (χ0) is 17.0. The average Bonchev–Trinajstić information content (AvgIpc) is 2.78. The first-order valence-corrected chi connectivity index (χ1v) is 9.07. The zero-order valence-corrected chi connectivity index (χ0v) is 15.5. The second kappa shape index (κ2) is 7.84. The van der Waals surface area contributed by atoms with Gasteiger partial charge in [0.25, 0.3) is 0 Å². The first-order chi connectivity index (χ1) is 10.8. The quantitative estimate of drug-likeness (QED) is 0.796. The molecule has 23 heavy (non-hydrogen) atoms. The molecule has 2 fully saturated rings. The highest BCUT2D eigenvalue weighted by molar-refractivity contribution is 5.69. The van der Waals surface area contributed by atoms with Crippen molar-refractivity contribution in [3.8, 4) is 0 Å². The number of likely N-dealkylation sites (tertiary alicyclic amines) is 1. The van der Waals surface area contributed by atoms with E-state index >= 15 is 0 Å². The molecule has 2 heterocycles. The number of carbonyl (C=O) groups excluding carboxylic acids is 1. The molecule has 5 nitrogen and oxygen atoms in total. The molecule has 0 aliphatic carbocycles. The molecule has 0 saturated carbocycles. The lowest BCUT2D eigenvalue weighted by Gasteiger charge is -2.34. The Kier molecular flexibility index (Phi) is 6.32. The minimum atomic E-state index is -0.427. The Morgan fingerprint density at radius 1 is 1.26 bits per heavy atom. The second-order valence-electron chi connectivity index (χ2n) is 8.22. The van der Waals surface area contributed by atoms with Crippen LogP contribution in [0.1, 0.15) is 53.9 Å². The summed E-state index contributed by atoms with van der Waals surface area (Å²) in [5, 5.41) is 0. The third kappa shape index (κ3) is 5.64. The van der Waals surface area contributed by atoms with Crippen LogP contribution in [-0.2, 0) is 9.47 Å². The summed E-state index contributed by atoms with van der Waals surface area (Å²) in [5.41, 5.74) is -0.427. The average molecular weight is 326 g/mol. The molecule has 134 valence electrons. The fraction of sp³-hybridized carbons (Fsp3) is 0.944. The van der Waals surface area contributed by atoms with Gasteiger partial charge in [-0.05, 0) is 52.9 Å². The molecule has 3 unspecified atom stereocenters. The Labute approximate surface area is 141 Å². The topological polar surface area (TPSA) is 42.0 Å². The maximum absolute atomic E-state index is 12.5. The van der Waals surface area contributed by atoms with Crippen molar-refractivity contribution in [3.05, 3.63) is 0 Å². The number of morpholine rings is 1. The van der Waals surface area contributed by atoms with Gasteiger partial charge < -0.3 is 14.4 Å². The number of rotatable bonds is 4. The summed E-state index contributed by atoms with van der Waals surface area (Å²) in [6.07, 6.45) is 3.08. The first kappa shape index (κ1) is 18.5. The second-order valence-corrected chi connectivity index (χ2v) is 8.22. The summed E-state index contributed by atoms with van der Waals surface area (Å²) in [4.78, 5) is 17.0. The van der Waals surface area contributed by atoms with Crippen molar-refractivity contribution in [1.29, 1.82) is 0 Å². The van der Waals surface area contributed by atoms with Crippen LogP contribution in [0.3, 0.4) is 0 Å². The third-order valence-corrected chi connectivity index (χ3v) is 4.74. The third-order valence-electron chi connectivity index (χ3n) is 4.74. The highest BCUT2D eigenvalue weighted by Crippen LogP contribution is 2.30. The number of hydrogen-bond donors (Lipinski definition) is 0. The van der Waals surface area contributed by atoms with Crippen molar-refractivity contribution in [2.75, 3.05) is 32.8 Å². The van der Waals surface area contributed by atoms with Gasteiger partial charge in [0.2, 0.25) is 0 Å². The van der Waals surface area contributed by atoms with Gasteiger partial charge in [-0.3, -0.25) is 4.90 Å². The van der Waals surface area contributed by atoms with E-state index in [1.54, 1.807) is 0 Å². The van der Waals surface area contributed by atoms with E-state index in [4.69, 9.17) is 9.47 Å². The van der Waals surface area contributed by atoms with Crippen LogP contribution in [0.15, 0.2) is 0 Å². The standard InChI is InChI=1S/C18H34N2O3/c1-14(13-19-8-10-22-11-9-19)12-16-7-6-15(2)20(16)17(21)23-18(3,4)5/h14-16H,6-13H2,1-5H3. The molecular weight excluding hydrogens is 292 g/mol. The minimum Gasteiger partial charge on any atom is -0.444 e. The van der Waals surface area contributed by atoms with Gasteiger partial charge in [0, 0.05) is 31.7 Å². The fourth-order valence-corrected chi connectivity index (χ4v) is 3.71. The molecule has 2 aliphatic rings. The smallest absolute Gasteiger partial charge is 0.410 e. The van der Waals surface area contributed by atoms with Crippen molar-refractivity contribution in [2.45, 2.75) is 71.6 Å². The molecule has 0 bridgehead atoms. The largest absolute Gasteiger partial charge is 0.444 e. The van der Waals surface area contributed by atoms with Crippen LogP contribution in [0.5, 0.6) is 0 Å². The van der Waals surface area contributed by atoms with E-state index in [1.807, 2.05) is 25.7 Å². The lowest BCUT2D eigenvalue weighted by Crippen LogP contribution is -2.45. The molecule has 2 aliphatic heterocycles. The van der Waals surface area contributed by atoms with Crippen LogP contribution >= 0.6 is 0 Å². The minimum absolute atomic E-state index is 0.147. The summed E-state index contributed by atoms with van der Waals surface area (Å²) >= 11 is 0. The van der Waals surface area contributed by atoms with Gasteiger partial charge in [0.05, 0.1) is 13.2 Å². The maximum Gasteiger partial charge on any atom is 0.410 e. The summed E-state index contributed by atoms with van der Waals surface area (Å²) in [6, 6.07) is 0.598. The van der Waals surface area contributed by atoms with E-state index in [9.17, 15) is 4.79 Å². The van der Waals surface area contributed by atoms with Gasteiger partial charge in [-0.15, -0.1) is 0 Å². The van der Waals surface area contributed by atoms with Crippen molar-refractivity contribution >= 4 is 6.09 Å². The molecule has 0 aromatic rings. The molecule has 0 aromatic heterocycles. The molecule has 0 radical (unpaired) electrons. The Bertz CT molecular complexity index is 388. The zero-order valence-electron chi connectivity index (χ0n) is 15.5. The van der Waals surface area contributed by atoms with Gasteiger partial charge in [-0.2, -0.15) is 0 Å². The lowest BCUT2D eigenvalue weighted by molar-refractivity contribution is 0.0114. The van der Waals surface area contributed by atoms with E-state index in [0.717, 1.165) is 52.1 Å². The Balaban J connectivity index is 1.87. The SMILES string of the molecule is CC(CC1CCC(C)N1C(=O)OC(C)(C)C)CN1CCOCC1. The Morgan fingerprint density at radius 2 is 1.91 bits per heavy atom. The van der Waals surface area contributed by atoms with Crippen LogP contribution < -0.4 is 0 Å². The Hall–Kier alpha value is -0.810. The number of amides is 1. The molecule has 3 atom stereocenters. The van der Waals surface area contributed by atoms with E-state index in [0.29, 0.717) is 12.0 Å². The van der Waals surface area contributed by atoms with E-state index in [2.05, 4.69) is 18.7 Å². The van der Waals surface area contributed by atoms with Crippen molar-refractivity contribution in [1.82, 2.24) is 9.80 Å². The monoisotopic (exact) mass is 326 g/mol. The van der Waals surface area contributed by atoms with Crippen LogP contribution in [0.4, 0.5) is 4.79 Å². The maximum atomic E-state index is 12.5. The van der Waals surface area contributed by atoms with E-state index in [1.165, 1.54) is 0 Å². The summed E-state index contributed by atoms with van der Waals surface area (Å²) in [7, 11) is 0. The lowest BCUT2D eigenvalue weighted by atomic mass is 9.99. The molecular formula is C18H34N2O3. The fourth-order valence-electron chi connectivity index (χ4n) is 3.71. The Morgan fingerprint density at radius 3 is 2.52 bits per heavy atom. The number of hydrogen-bond acceptors (Lipinski definition) is 4. The van der Waals surface area contributed by atoms with Gasteiger partial charge in [-0.1, -0.05) is 6.92 Å². The van der Waals surface area contributed by atoms with Gasteiger partial charge in [0.1, 0.15) is 5.60 Å². The van der Waals surface area contributed by atoms with Gasteiger partial charge in [0.15, 0.2) is 0 Å². The molecule has 1 amide bonds. The molecule has 5 heteroatoms. The van der Waals surface area contributed by atoms with E-state index in [-0.39, 0.29) is 12.1 Å². The van der Waals surface area contributed by atoms with Crippen LogP contribution in [0.2, 0.25) is 0 Å². The van der Waals surface area contributed by atoms with Gasteiger partial charge in [-0.25, -0.2) is 4.79 Å². The van der Waals surface area contributed by atoms with Crippen molar-refractivity contribution in [2.24, 2.45) is 5.92 Å². The molecule has 0 spiro atoms. The molecule has 2 saturated heterocycles. The highest BCUT2D eigenvalue weighted by Gasteiger charge is 2.37. The van der Waals surface area contributed by atoms with Crippen molar-refractivity contribution in [3.63, 3.8) is 0 Å². The predicted molar refractivity (Wildman–Crippen MR) is 91.6 cm³/mol. The number of ether oxygens (including phenoxy) is 2. The number of carbonyl (C=O) groups is 1. The van der Waals surface area contributed by atoms with Crippen LogP contribution in [-0.4, -0.2) is 66.4 Å². The van der Waals surface area contributed by atoms with Gasteiger partial charge >= 0.3 is 6.09 Å². The molecule has 0 aromatic carbocycles. The summed E-state index contributed by atoms with van der Waals surface area (Å²) < 4.78 is 11.0. The summed E-state index contributed by atoms with van der Waals surface area (Å²) in [5.74, 6) is 0.577. The van der Waals surface area contributed by atoms with Crippen LogP contribution in [0.25, 0.3) is 0 Å². The van der Waals surface area contributed by atoms with E-state index < -0.39 is 5.60 Å². The molecule has 2 rings (SSSR count). The van der Waals surface area contributed by atoms with Crippen molar-refractivity contribution < 1.29 is 14.3 Å².